The van der Waals surface area contributed by atoms with Crippen LogP contribution in [0.1, 0.15) is 42.9 Å². The van der Waals surface area contributed by atoms with Gasteiger partial charge in [-0.2, -0.15) is 0 Å². The fourth-order valence-corrected chi connectivity index (χ4v) is 4.01. The molecule has 0 aromatic heterocycles. The van der Waals surface area contributed by atoms with Crippen LogP contribution in [0.4, 0.5) is 0 Å². The van der Waals surface area contributed by atoms with Gasteiger partial charge in [0.05, 0.1) is 7.11 Å². The van der Waals surface area contributed by atoms with Crippen molar-refractivity contribution in [2.45, 2.75) is 44.9 Å². The van der Waals surface area contributed by atoms with E-state index >= 15 is 0 Å². The van der Waals surface area contributed by atoms with Crippen molar-refractivity contribution in [3.8, 4) is 5.75 Å². The van der Waals surface area contributed by atoms with Gasteiger partial charge in [-0.05, 0) is 55.5 Å². The van der Waals surface area contributed by atoms with Crippen molar-refractivity contribution >= 4 is 0 Å². The van der Waals surface area contributed by atoms with E-state index in [2.05, 4.69) is 47.8 Å². The van der Waals surface area contributed by atoms with Crippen LogP contribution in [0.25, 0.3) is 0 Å². The van der Waals surface area contributed by atoms with Gasteiger partial charge in [-0.25, -0.2) is 0 Å². The summed E-state index contributed by atoms with van der Waals surface area (Å²) in [5.41, 5.74) is 4.12. The second-order valence-electron chi connectivity index (χ2n) is 6.85. The number of rotatable bonds is 9. The molecule has 1 N–H and O–H groups in total. The first kappa shape index (κ1) is 19.9. The fraction of sp³-hybridized carbons (Fsp3) is 0.478. The number of ether oxygens (including phenoxy) is 3. The zero-order valence-corrected chi connectivity index (χ0v) is 16.6. The van der Waals surface area contributed by atoms with E-state index in [9.17, 15) is 0 Å². The molecule has 0 amide bonds. The SMILES string of the molecule is CCOC(CNC1CCc2ccccc2[C@@H]1c1cccc(OC)c1)OCC. The molecule has 0 heterocycles. The zero-order valence-electron chi connectivity index (χ0n) is 16.6. The van der Waals surface area contributed by atoms with Gasteiger partial charge in [0.15, 0.2) is 6.29 Å². The van der Waals surface area contributed by atoms with Crippen molar-refractivity contribution in [1.82, 2.24) is 5.32 Å². The molecule has 4 nitrogen and oxygen atoms in total. The topological polar surface area (TPSA) is 39.7 Å². The van der Waals surface area contributed by atoms with Crippen molar-refractivity contribution in [2.24, 2.45) is 0 Å². The van der Waals surface area contributed by atoms with Crippen LogP contribution in [-0.2, 0) is 15.9 Å². The Hall–Kier alpha value is -1.88. The zero-order chi connectivity index (χ0) is 19.1. The van der Waals surface area contributed by atoms with E-state index in [1.165, 1.54) is 16.7 Å². The normalized spacial score (nSPS) is 19.1. The van der Waals surface area contributed by atoms with Crippen LogP contribution in [0.2, 0.25) is 0 Å². The second-order valence-corrected chi connectivity index (χ2v) is 6.85. The van der Waals surface area contributed by atoms with E-state index < -0.39 is 0 Å². The summed E-state index contributed by atoms with van der Waals surface area (Å²) in [4.78, 5) is 0. The third-order valence-corrected chi connectivity index (χ3v) is 5.22. The molecule has 0 saturated heterocycles. The summed E-state index contributed by atoms with van der Waals surface area (Å²) in [5, 5.41) is 3.73. The Morgan fingerprint density at radius 1 is 1.04 bits per heavy atom. The molecule has 27 heavy (non-hydrogen) atoms. The lowest BCUT2D eigenvalue weighted by atomic mass is 9.75. The van der Waals surface area contributed by atoms with Gasteiger partial charge >= 0.3 is 0 Å². The Labute approximate surface area is 162 Å². The van der Waals surface area contributed by atoms with Gasteiger partial charge < -0.3 is 19.5 Å². The van der Waals surface area contributed by atoms with Gasteiger partial charge in [-0.3, -0.25) is 0 Å². The predicted molar refractivity (Wildman–Crippen MR) is 108 cm³/mol. The maximum atomic E-state index is 5.72. The number of hydrogen-bond donors (Lipinski definition) is 1. The van der Waals surface area contributed by atoms with E-state index in [1.54, 1.807) is 7.11 Å². The van der Waals surface area contributed by atoms with Crippen LogP contribution in [-0.4, -0.2) is 39.2 Å². The second kappa shape index (κ2) is 9.88. The minimum atomic E-state index is -0.205. The van der Waals surface area contributed by atoms with Gasteiger partial charge in [0, 0.05) is 31.7 Å². The average molecular weight is 370 g/mol. The van der Waals surface area contributed by atoms with Crippen molar-refractivity contribution < 1.29 is 14.2 Å². The highest BCUT2D eigenvalue weighted by atomic mass is 16.7. The molecule has 1 aliphatic carbocycles. The molecule has 2 aromatic rings. The minimum Gasteiger partial charge on any atom is -0.497 e. The first-order valence-electron chi connectivity index (χ1n) is 9.95. The van der Waals surface area contributed by atoms with E-state index in [0.717, 1.165) is 18.6 Å². The molecule has 4 heteroatoms. The summed E-state index contributed by atoms with van der Waals surface area (Å²) >= 11 is 0. The highest BCUT2D eigenvalue weighted by Crippen LogP contribution is 2.38. The molecule has 0 radical (unpaired) electrons. The Bertz CT molecular complexity index is 712. The first-order valence-corrected chi connectivity index (χ1v) is 9.95. The quantitative estimate of drug-likeness (QED) is 0.675. The van der Waals surface area contributed by atoms with E-state index in [1.807, 2.05) is 19.9 Å². The van der Waals surface area contributed by atoms with Crippen LogP contribution >= 0.6 is 0 Å². The van der Waals surface area contributed by atoms with E-state index in [4.69, 9.17) is 14.2 Å². The summed E-state index contributed by atoms with van der Waals surface area (Å²) in [6.45, 7) is 6.00. The number of hydrogen-bond acceptors (Lipinski definition) is 4. The fourth-order valence-electron chi connectivity index (χ4n) is 4.01. The maximum absolute atomic E-state index is 5.72. The van der Waals surface area contributed by atoms with Crippen molar-refractivity contribution in [2.75, 3.05) is 26.9 Å². The molecular formula is C23H31NO3. The molecule has 0 spiro atoms. The number of aryl methyl sites for hydroxylation is 1. The highest BCUT2D eigenvalue weighted by molar-refractivity contribution is 5.44. The largest absolute Gasteiger partial charge is 0.497 e. The smallest absolute Gasteiger partial charge is 0.169 e. The van der Waals surface area contributed by atoms with Gasteiger partial charge in [-0.1, -0.05) is 36.4 Å². The van der Waals surface area contributed by atoms with E-state index in [0.29, 0.717) is 25.8 Å². The summed E-state index contributed by atoms with van der Waals surface area (Å²) in [6.07, 6.45) is 1.97. The number of methoxy groups -OCH3 is 1. The lowest BCUT2D eigenvalue weighted by molar-refractivity contribution is -0.134. The Morgan fingerprint density at radius 2 is 1.81 bits per heavy atom. The van der Waals surface area contributed by atoms with Crippen molar-refractivity contribution in [1.29, 1.82) is 0 Å². The van der Waals surface area contributed by atoms with Crippen LogP contribution in [0.5, 0.6) is 5.75 Å². The monoisotopic (exact) mass is 369 g/mol. The average Bonchev–Trinajstić information content (AvgIpc) is 2.72. The van der Waals surface area contributed by atoms with Crippen molar-refractivity contribution in [3.05, 3.63) is 65.2 Å². The molecule has 0 saturated carbocycles. The number of fused-ring (bicyclic) bond motifs is 1. The van der Waals surface area contributed by atoms with Gasteiger partial charge in [0.2, 0.25) is 0 Å². The van der Waals surface area contributed by atoms with Gasteiger partial charge in [-0.15, -0.1) is 0 Å². The molecular weight excluding hydrogens is 338 g/mol. The third kappa shape index (κ3) is 4.89. The van der Waals surface area contributed by atoms with Crippen LogP contribution in [0, 0.1) is 0 Å². The van der Waals surface area contributed by atoms with Gasteiger partial charge in [0.1, 0.15) is 5.75 Å². The lowest BCUT2D eigenvalue weighted by Crippen LogP contribution is -2.43. The minimum absolute atomic E-state index is 0.205. The van der Waals surface area contributed by atoms with Crippen LogP contribution < -0.4 is 10.1 Å². The molecule has 0 fully saturated rings. The molecule has 2 aromatic carbocycles. The maximum Gasteiger partial charge on any atom is 0.169 e. The highest BCUT2D eigenvalue weighted by Gasteiger charge is 2.31. The Kier molecular flexibility index (Phi) is 7.27. The summed E-state index contributed by atoms with van der Waals surface area (Å²) < 4.78 is 16.9. The van der Waals surface area contributed by atoms with Crippen LogP contribution in [0.15, 0.2) is 48.5 Å². The standard InChI is InChI=1S/C23H31NO3/c1-4-26-22(27-5-2)16-24-21-14-13-17-9-6-7-12-20(17)23(21)18-10-8-11-19(15-18)25-3/h6-12,15,21-24H,4-5,13-14,16H2,1-3H3/t21?,23-/m0/s1. The molecule has 3 rings (SSSR count). The molecule has 1 aliphatic rings. The number of benzene rings is 2. The number of nitrogens with one attached hydrogen (secondary N) is 1. The van der Waals surface area contributed by atoms with Gasteiger partial charge in [0.25, 0.3) is 0 Å². The van der Waals surface area contributed by atoms with Crippen LogP contribution in [0.3, 0.4) is 0 Å². The summed E-state index contributed by atoms with van der Waals surface area (Å²) in [6, 6.07) is 17.5. The van der Waals surface area contributed by atoms with E-state index in [-0.39, 0.29) is 12.2 Å². The lowest BCUT2D eigenvalue weighted by Gasteiger charge is -2.35. The van der Waals surface area contributed by atoms with Crippen molar-refractivity contribution in [3.63, 3.8) is 0 Å². The first-order chi connectivity index (χ1) is 13.3. The Balaban J connectivity index is 1.85. The molecule has 1 unspecified atom stereocenters. The molecule has 0 bridgehead atoms. The summed E-state index contributed by atoms with van der Waals surface area (Å²) in [5.74, 6) is 1.18. The predicted octanol–water partition coefficient (Wildman–Crippen LogP) is 4.13. The Morgan fingerprint density at radius 3 is 2.56 bits per heavy atom. The molecule has 0 aliphatic heterocycles. The molecule has 2 atom stereocenters. The molecule has 146 valence electrons. The summed E-state index contributed by atoms with van der Waals surface area (Å²) in [7, 11) is 1.72. The third-order valence-electron chi connectivity index (χ3n) is 5.22.